The molecule has 0 aliphatic carbocycles. The second-order valence-electron chi connectivity index (χ2n) is 9.38. The van der Waals surface area contributed by atoms with E-state index in [4.69, 9.17) is 9.15 Å². The standard InChI is InChI=1S/C31H33O2.F6P/c1-2-3-4-5-6-15-22-32-29-21-14-13-20-28(29)27-23-30(25-16-9-7-10-17-25)33-31(24-27)26-18-11-8-12-19-26;1-7(2,3,4,5)6/h7-14,16-21,23-24H,2-6,15,22H2,1H3;/q+1;-1. The second kappa shape index (κ2) is 12.9. The zero-order chi connectivity index (χ0) is 29.1. The van der Waals surface area contributed by atoms with Crippen molar-refractivity contribution in [2.45, 2.75) is 45.4 Å². The summed E-state index contributed by atoms with van der Waals surface area (Å²) in [5.41, 5.74) is 4.30. The van der Waals surface area contributed by atoms with Gasteiger partial charge in [-0.2, -0.15) is 0 Å². The van der Waals surface area contributed by atoms with Gasteiger partial charge in [0.1, 0.15) is 5.75 Å². The van der Waals surface area contributed by atoms with Crippen LogP contribution in [0.3, 0.4) is 0 Å². The van der Waals surface area contributed by atoms with Crippen LogP contribution in [0.25, 0.3) is 33.8 Å². The molecule has 2 nitrogen and oxygen atoms in total. The molecule has 0 unspecified atom stereocenters. The Morgan fingerprint density at radius 3 is 1.55 bits per heavy atom. The summed E-state index contributed by atoms with van der Waals surface area (Å²) in [6.45, 7) is 3.00. The summed E-state index contributed by atoms with van der Waals surface area (Å²) in [7, 11) is -10.7. The number of hydrogen-bond donors (Lipinski definition) is 0. The van der Waals surface area contributed by atoms with Crippen LogP contribution in [0.5, 0.6) is 5.75 Å². The SMILES string of the molecule is CCCCCCCCOc1ccccc1-c1cc(-c2ccccc2)[o+]c(-c2ccccc2)c1.F[P-](F)(F)(F)(F)F. The van der Waals surface area contributed by atoms with Crippen molar-refractivity contribution in [2.75, 3.05) is 6.61 Å². The first-order chi connectivity index (χ1) is 18.8. The van der Waals surface area contributed by atoms with E-state index < -0.39 is 7.81 Å². The van der Waals surface area contributed by atoms with Crippen LogP contribution in [0, 0.1) is 0 Å². The van der Waals surface area contributed by atoms with Crippen LogP contribution in [-0.2, 0) is 0 Å². The van der Waals surface area contributed by atoms with Gasteiger partial charge >= 0.3 is 44.5 Å². The van der Waals surface area contributed by atoms with Crippen molar-refractivity contribution in [3.05, 3.63) is 97.1 Å². The Morgan fingerprint density at radius 2 is 1.02 bits per heavy atom. The van der Waals surface area contributed by atoms with E-state index in [1.165, 1.54) is 32.1 Å². The molecular formula is C31H33F6O2P. The predicted octanol–water partition coefficient (Wildman–Crippen LogP) is 12.7. The van der Waals surface area contributed by atoms with Gasteiger partial charge < -0.3 is 4.74 Å². The van der Waals surface area contributed by atoms with Crippen LogP contribution in [-0.4, -0.2) is 6.61 Å². The molecule has 216 valence electrons. The van der Waals surface area contributed by atoms with Gasteiger partial charge in [0.15, 0.2) is 0 Å². The molecule has 9 heteroatoms. The van der Waals surface area contributed by atoms with Gasteiger partial charge in [-0.15, -0.1) is 0 Å². The molecule has 0 fully saturated rings. The summed E-state index contributed by atoms with van der Waals surface area (Å²) in [6, 6.07) is 33.1. The van der Waals surface area contributed by atoms with Crippen molar-refractivity contribution >= 4 is 7.81 Å². The van der Waals surface area contributed by atoms with Crippen molar-refractivity contribution in [3.63, 3.8) is 0 Å². The zero-order valence-electron chi connectivity index (χ0n) is 22.2. The average Bonchev–Trinajstić information content (AvgIpc) is 2.92. The van der Waals surface area contributed by atoms with E-state index >= 15 is 0 Å². The van der Waals surface area contributed by atoms with E-state index in [9.17, 15) is 25.2 Å². The fourth-order valence-corrected chi connectivity index (χ4v) is 4.04. The molecule has 4 rings (SSSR count). The Morgan fingerprint density at radius 1 is 0.575 bits per heavy atom. The molecule has 0 bridgehead atoms. The van der Waals surface area contributed by atoms with Crippen molar-refractivity contribution in [1.82, 2.24) is 0 Å². The molecule has 4 aromatic rings. The molecule has 40 heavy (non-hydrogen) atoms. The minimum atomic E-state index is -10.7. The van der Waals surface area contributed by atoms with Crippen molar-refractivity contribution in [2.24, 2.45) is 0 Å². The maximum absolute atomic E-state index is 10.7. The van der Waals surface area contributed by atoms with Crippen LogP contribution in [0.1, 0.15) is 45.4 Å². The summed E-state index contributed by atoms with van der Waals surface area (Å²) >= 11 is 0. The first-order valence-electron chi connectivity index (χ1n) is 13.2. The predicted molar refractivity (Wildman–Crippen MR) is 152 cm³/mol. The summed E-state index contributed by atoms with van der Waals surface area (Å²) in [4.78, 5) is 0. The molecular weight excluding hydrogens is 549 g/mol. The molecule has 0 atom stereocenters. The van der Waals surface area contributed by atoms with Gasteiger partial charge in [-0.3, -0.25) is 0 Å². The van der Waals surface area contributed by atoms with Gasteiger partial charge in [0.05, 0.1) is 29.9 Å². The Labute approximate surface area is 230 Å². The second-order valence-corrected chi connectivity index (χ2v) is 11.3. The quantitative estimate of drug-likeness (QED) is 0.0759. The third-order valence-corrected chi connectivity index (χ3v) is 5.86. The molecule has 0 N–H and O–H groups in total. The molecule has 1 aromatic heterocycles. The number of rotatable bonds is 11. The normalized spacial score (nSPS) is 13.0. The number of hydrogen-bond acceptors (Lipinski definition) is 1. The van der Waals surface area contributed by atoms with Gasteiger partial charge in [0.25, 0.3) is 0 Å². The summed E-state index contributed by atoms with van der Waals surface area (Å²) < 4.78 is 71.8. The fraction of sp³-hybridized carbons (Fsp3) is 0.258. The van der Waals surface area contributed by atoms with Gasteiger partial charge in [0.2, 0.25) is 0 Å². The van der Waals surface area contributed by atoms with Crippen LogP contribution >= 0.6 is 7.81 Å². The Kier molecular flexibility index (Phi) is 10.0. The van der Waals surface area contributed by atoms with E-state index in [0.717, 1.165) is 52.6 Å². The van der Waals surface area contributed by atoms with Crippen molar-refractivity contribution in [1.29, 1.82) is 0 Å². The Balaban J connectivity index is 0.000000559. The molecule has 1 heterocycles. The number of halogens is 6. The molecule has 0 saturated carbocycles. The number of ether oxygens (including phenoxy) is 1. The van der Waals surface area contributed by atoms with Gasteiger partial charge in [-0.25, -0.2) is 4.42 Å². The molecule has 3 aromatic carbocycles. The summed E-state index contributed by atoms with van der Waals surface area (Å²) in [6.07, 6.45) is 7.54. The number of benzene rings is 3. The molecule has 0 aliphatic heterocycles. The average molecular weight is 583 g/mol. The first-order valence-corrected chi connectivity index (χ1v) is 15.2. The fourth-order valence-electron chi connectivity index (χ4n) is 4.04. The van der Waals surface area contributed by atoms with Crippen LogP contribution in [0.4, 0.5) is 25.2 Å². The Bertz CT molecular complexity index is 1280. The van der Waals surface area contributed by atoms with Gasteiger partial charge in [-0.05, 0) is 36.8 Å². The minimum absolute atomic E-state index is 0.747. The number of unbranched alkanes of at least 4 members (excludes halogenated alkanes) is 5. The molecule has 0 amide bonds. The van der Waals surface area contributed by atoms with E-state index in [-0.39, 0.29) is 0 Å². The third-order valence-electron chi connectivity index (χ3n) is 5.86. The van der Waals surface area contributed by atoms with Crippen LogP contribution in [0.2, 0.25) is 0 Å². The topological polar surface area (TPSA) is 20.5 Å². The van der Waals surface area contributed by atoms with Crippen LogP contribution in [0.15, 0.2) is 101 Å². The van der Waals surface area contributed by atoms with Crippen LogP contribution < -0.4 is 4.74 Å². The van der Waals surface area contributed by atoms with E-state index in [1.807, 2.05) is 42.5 Å². The van der Waals surface area contributed by atoms with E-state index in [2.05, 4.69) is 61.5 Å². The molecule has 0 saturated heterocycles. The third kappa shape index (κ3) is 12.2. The zero-order valence-corrected chi connectivity index (χ0v) is 23.1. The van der Waals surface area contributed by atoms with E-state index in [1.54, 1.807) is 0 Å². The first kappa shape index (κ1) is 31.2. The van der Waals surface area contributed by atoms with Gasteiger partial charge in [0, 0.05) is 11.1 Å². The molecule has 0 radical (unpaired) electrons. The maximum atomic E-state index is 9.87. The summed E-state index contributed by atoms with van der Waals surface area (Å²) in [5.74, 6) is 2.62. The van der Waals surface area contributed by atoms with Crippen molar-refractivity contribution < 1.29 is 34.3 Å². The summed E-state index contributed by atoms with van der Waals surface area (Å²) in [5, 5.41) is 0. The van der Waals surface area contributed by atoms with Gasteiger partial charge in [-0.1, -0.05) is 93.6 Å². The molecule has 0 spiro atoms. The Hall–Kier alpha value is -3.38. The van der Waals surface area contributed by atoms with E-state index in [0.29, 0.717) is 0 Å². The molecule has 0 aliphatic rings. The van der Waals surface area contributed by atoms with Crippen molar-refractivity contribution in [3.8, 4) is 39.5 Å². The monoisotopic (exact) mass is 582 g/mol. The number of para-hydroxylation sites is 1.